The van der Waals surface area contributed by atoms with Crippen molar-refractivity contribution >= 4 is 5.82 Å². The largest absolute Gasteiger partial charge is 0.350 e. The second kappa shape index (κ2) is 6.23. The van der Waals surface area contributed by atoms with Gasteiger partial charge in [0.15, 0.2) is 5.82 Å². The van der Waals surface area contributed by atoms with E-state index in [0.717, 1.165) is 25.8 Å². The van der Waals surface area contributed by atoms with Crippen LogP contribution in [-0.2, 0) is 7.05 Å². The number of nitrogens with zero attached hydrogens (tertiary/aromatic N) is 3. The summed E-state index contributed by atoms with van der Waals surface area (Å²) < 4.78 is 15.8. The first-order chi connectivity index (χ1) is 10.9. The highest BCUT2D eigenvalue weighted by Crippen LogP contribution is 2.39. The number of nitrogens with one attached hydrogen (secondary N) is 1. The molecular formula is C17H27FN4O. The topological polar surface area (TPSA) is 50.2 Å². The number of anilines is 1. The van der Waals surface area contributed by atoms with Gasteiger partial charge in [-0.15, -0.1) is 0 Å². The van der Waals surface area contributed by atoms with E-state index in [-0.39, 0.29) is 23.1 Å². The molecule has 1 N–H and O–H groups in total. The zero-order valence-corrected chi connectivity index (χ0v) is 14.3. The van der Waals surface area contributed by atoms with Gasteiger partial charge in [-0.25, -0.2) is 9.37 Å². The van der Waals surface area contributed by atoms with E-state index in [4.69, 9.17) is 0 Å². The normalized spacial score (nSPS) is 30.6. The molecule has 0 spiro atoms. The lowest BCUT2D eigenvalue weighted by molar-refractivity contribution is 0.183. The van der Waals surface area contributed by atoms with Crippen molar-refractivity contribution in [3.63, 3.8) is 0 Å². The van der Waals surface area contributed by atoms with Crippen molar-refractivity contribution in [2.45, 2.75) is 57.8 Å². The zero-order valence-electron chi connectivity index (χ0n) is 14.3. The molecule has 1 aliphatic heterocycles. The van der Waals surface area contributed by atoms with Gasteiger partial charge in [-0.05, 0) is 31.1 Å². The molecule has 3 rings (SSSR count). The Hall–Kier alpha value is -1.43. The van der Waals surface area contributed by atoms with Crippen LogP contribution >= 0.6 is 0 Å². The van der Waals surface area contributed by atoms with Gasteiger partial charge in [-0.1, -0.05) is 13.8 Å². The number of hydrogen-bond donors (Lipinski definition) is 1. The lowest BCUT2D eigenvalue weighted by Crippen LogP contribution is -2.54. The van der Waals surface area contributed by atoms with E-state index in [1.54, 1.807) is 24.0 Å². The number of aryl methyl sites for hydroxylation is 1. The van der Waals surface area contributed by atoms with Crippen molar-refractivity contribution in [1.29, 1.82) is 0 Å². The number of halogens is 1. The summed E-state index contributed by atoms with van der Waals surface area (Å²) in [5.74, 6) is 0.504. The highest BCUT2D eigenvalue weighted by Gasteiger charge is 2.43. The third-order valence-corrected chi connectivity index (χ3v) is 5.40. The summed E-state index contributed by atoms with van der Waals surface area (Å²) in [6, 6.07) is 0.107. The molecule has 2 aliphatic rings. The van der Waals surface area contributed by atoms with Crippen LogP contribution in [0.4, 0.5) is 10.2 Å². The molecule has 1 aromatic heterocycles. The van der Waals surface area contributed by atoms with Crippen LogP contribution in [-0.4, -0.2) is 40.9 Å². The average molecular weight is 322 g/mol. The van der Waals surface area contributed by atoms with Crippen LogP contribution in [0.3, 0.4) is 0 Å². The van der Waals surface area contributed by atoms with Crippen LogP contribution in [0, 0.1) is 5.41 Å². The third kappa shape index (κ3) is 3.27. The first-order valence-corrected chi connectivity index (χ1v) is 8.55. The van der Waals surface area contributed by atoms with E-state index < -0.39 is 6.17 Å². The molecule has 1 saturated carbocycles. The summed E-state index contributed by atoms with van der Waals surface area (Å²) in [7, 11) is 1.74. The van der Waals surface area contributed by atoms with E-state index in [1.165, 1.54) is 0 Å². The van der Waals surface area contributed by atoms with Crippen LogP contribution < -0.4 is 15.8 Å². The van der Waals surface area contributed by atoms with Crippen molar-refractivity contribution in [1.82, 2.24) is 14.9 Å². The molecule has 128 valence electrons. The molecule has 23 heavy (non-hydrogen) atoms. The van der Waals surface area contributed by atoms with Crippen LogP contribution in [0.15, 0.2) is 17.2 Å². The zero-order chi connectivity index (χ0) is 16.6. The maximum atomic E-state index is 14.2. The maximum absolute atomic E-state index is 14.2. The van der Waals surface area contributed by atoms with Crippen LogP contribution in [0.2, 0.25) is 0 Å². The lowest BCUT2D eigenvalue weighted by Gasteiger charge is -2.38. The lowest BCUT2D eigenvalue weighted by atomic mass is 9.86. The number of aromatic nitrogens is 2. The van der Waals surface area contributed by atoms with E-state index in [9.17, 15) is 9.18 Å². The Morgan fingerprint density at radius 3 is 2.87 bits per heavy atom. The summed E-state index contributed by atoms with van der Waals surface area (Å²) in [6.45, 7) is 5.82. The van der Waals surface area contributed by atoms with E-state index >= 15 is 0 Å². The number of piperidine rings is 1. The van der Waals surface area contributed by atoms with Crippen LogP contribution in [0.1, 0.15) is 39.5 Å². The van der Waals surface area contributed by atoms with Crippen LogP contribution in [0.5, 0.6) is 0 Å². The highest BCUT2D eigenvalue weighted by molar-refractivity contribution is 5.36. The molecule has 2 fully saturated rings. The van der Waals surface area contributed by atoms with Crippen molar-refractivity contribution < 1.29 is 4.39 Å². The minimum Gasteiger partial charge on any atom is -0.350 e. The van der Waals surface area contributed by atoms with Crippen LogP contribution in [0.25, 0.3) is 0 Å². The first kappa shape index (κ1) is 16.4. The number of hydrogen-bond acceptors (Lipinski definition) is 4. The van der Waals surface area contributed by atoms with Gasteiger partial charge < -0.3 is 14.8 Å². The molecule has 0 aromatic carbocycles. The maximum Gasteiger partial charge on any atom is 0.293 e. The Morgan fingerprint density at radius 2 is 2.17 bits per heavy atom. The molecule has 1 aromatic rings. The Bertz CT molecular complexity index is 615. The molecule has 0 radical (unpaired) electrons. The predicted octanol–water partition coefficient (Wildman–Crippen LogP) is 1.87. The minimum absolute atomic E-state index is 0.0111. The van der Waals surface area contributed by atoms with Gasteiger partial charge in [-0.3, -0.25) is 4.79 Å². The molecule has 3 unspecified atom stereocenters. The number of alkyl halides is 1. The average Bonchev–Trinajstić information content (AvgIpc) is 2.77. The van der Waals surface area contributed by atoms with Crippen molar-refractivity contribution in [2.24, 2.45) is 12.5 Å². The Balaban J connectivity index is 1.71. The molecular weight excluding hydrogens is 295 g/mol. The van der Waals surface area contributed by atoms with Crippen molar-refractivity contribution in [3.05, 3.63) is 22.7 Å². The summed E-state index contributed by atoms with van der Waals surface area (Å²) in [6.07, 6.45) is 6.12. The van der Waals surface area contributed by atoms with Gasteiger partial charge >= 0.3 is 0 Å². The van der Waals surface area contributed by atoms with E-state index in [2.05, 4.69) is 24.1 Å². The summed E-state index contributed by atoms with van der Waals surface area (Å²) in [5, 5.41) is 3.54. The van der Waals surface area contributed by atoms with Gasteiger partial charge in [0.05, 0.1) is 0 Å². The van der Waals surface area contributed by atoms with E-state index in [0.29, 0.717) is 18.8 Å². The molecule has 0 bridgehead atoms. The summed E-state index contributed by atoms with van der Waals surface area (Å²) in [4.78, 5) is 18.6. The highest BCUT2D eigenvalue weighted by atomic mass is 19.1. The Kier molecular flexibility index (Phi) is 4.45. The second-order valence-corrected chi connectivity index (χ2v) is 7.64. The summed E-state index contributed by atoms with van der Waals surface area (Å²) >= 11 is 0. The molecule has 1 saturated heterocycles. The van der Waals surface area contributed by atoms with Gasteiger partial charge in [0.1, 0.15) is 6.17 Å². The Labute approximate surface area is 136 Å². The predicted molar refractivity (Wildman–Crippen MR) is 89.5 cm³/mol. The fourth-order valence-electron chi connectivity index (χ4n) is 3.91. The van der Waals surface area contributed by atoms with Crippen molar-refractivity contribution in [2.75, 3.05) is 18.0 Å². The number of rotatable bonds is 3. The minimum atomic E-state index is -0.775. The van der Waals surface area contributed by atoms with Gasteiger partial charge in [0.2, 0.25) is 0 Å². The Morgan fingerprint density at radius 1 is 1.39 bits per heavy atom. The molecule has 5 nitrogen and oxygen atoms in total. The van der Waals surface area contributed by atoms with Gasteiger partial charge in [0, 0.05) is 44.6 Å². The van der Waals surface area contributed by atoms with E-state index in [1.807, 2.05) is 4.90 Å². The fraction of sp³-hybridized carbons (Fsp3) is 0.765. The molecule has 2 heterocycles. The fourth-order valence-corrected chi connectivity index (χ4v) is 3.91. The molecule has 6 heteroatoms. The summed E-state index contributed by atoms with van der Waals surface area (Å²) in [5.41, 5.74) is -0.0826. The van der Waals surface area contributed by atoms with Gasteiger partial charge in [-0.2, -0.15) is 0 Å². The standard InChI is InChI=1S/C17H27FN4O/c1-17(2)7-6-13(18)14(17)20-12-5-4-9-22(11-12)15-16(23)21(3)10-8-19-15/h8,10,12-14,20H,4-7,9,11H2,1-3H3. The van der Waals surface area contributed by atoms with Gasteiger partial charge in [0.25, 0.3) is 5.56 Å². The second-order valence-electron chi connectivity index (χ2n) is 7.64. The quantitative estimate of drug-likeness (QED) is 0.923. The SMILES string of the molecule is Cn1ccnc(N2CCCC(NC3C(F)CCC3(C)C)C2)c1=O. The molecule has 1 aliphatic carbocycles. The van der Waals surface area contributed by atoms with Crippen molar-refractivity contribution in [3.8, 4) is 0 Å². The monoisotopic (exact) mass is 322 g/mol. The third-order valence-electron chi connectivity index (χ3n) is 5.40. The smallest absolute Gasteiger partial charge is 0.293 e. The molecule has 3 atom stereocenters. The molecule has 0 amide bonds. The first-order valence-electron chi connectivity index (χ1n) is 8.55.